The monoisotopic (exact) mass is 317 g/mol. The van der Waals surface area contributed by atoms with Gasteiger partial charge in [0.25, 0.3) is 0 Å². The second kappa shape index (κ2) is 5.47. The number of thiocarbonyl (C=S) groups is 1. The van der Waals surface area contributed by atoms with Crippen LogP contribution in [-0.2, 0) is 6.18 Å². The highest BCUT2D eigenvalue weighted by molar-refractivity contribution is 7.80. The molecular formula is C11H9F6NOS. The number of hydrogen-bond acceptors (Lipinski definition) is 2. The summed E-state index contributed by atoms with van der Waals surface area (Å²) >= 11 is 4.47. The topological polar surface area (TPSA) is 35.2 Å². The average molecular weight is 317 g/mol. The predicted molar refractivity (Wildman–Crippen MR) is 63.5 cm³/mol. The molecule has 1 atom stereocenters. The van der Waals surface area contributed by atoms with Gasteiger partial charge < -0.3 is 10.5 Å². The molecule has 0 heterocycles. The van der Waals surface area contributed by atoms with E-state index in [4.69, 9.17) is 5.73 Å². The molecule has 0 bridgehead atoms. The Morgan fingerprint density at radius 1 is 1.20 bits per heavy atom. The predicted octanol–water partition coefficient (Wildman–Crippen LogP) is 3.67. The van der Waals surface area contributed by atoms with Crippen molar-refractivity contribution in [3.63, 3.8) is 0 Å². The van der Waals surface area contributed by atoms with E-state index in [0.29, 0.717) is 6.07 Å². The molecule has 1 aromatic carbocycles. The minimum atomic E-state index is -4.72. The zero-order chi connectivity index (χ0) is 15.7. The van der Waals surface area contributed by atoms with E-state index >= 15 is 0 Å². The Kier molecular flexibility index (Phi) is 4.52. The SMILES string of the molecule is CC(Oc1ccc(C(F)(F)F)c(C(N)=S)c1)C(F)(F)F. The molecule has 0 aromatic heterocycles. The maximum atomic E-state index is 12.7. The van der Waals surface area contributed by atoms with E-state index in [0.717, 1.165) is 19.1 Å². The van der Waals surface area contributed by atoms with Gasteiger partial charge >= 0.3 is 12.4 Å². The molecule has 2 nitrogen and oxygen atoms in total. The fourth-order valence-corrected chi connectivity index (χ4v) is 1.49. The number of ether oxygens (including phenoxy) is 1. The van der Waals surface area contributed by atoms with Crippen LogP contribution in [0, 0.1) is 0 Å². The van der Waals surface area contributed by atoms with Gasteiger partial charge in [-0.05, 0) is 25.1 Å². The molecular weight excluding hydrogens is 308 g/mol. The lowest BCUT2D eigenvalue weighted by Gasteiger charge is -2.19. The van der Waals surface area contributed by atoms with Crippen molar-refractivity contribution >= 4 is 17.2 Å². The van der Waals surface area contributed by atoms with Crippen LogP contribution in [0.5, 0.6) is 5.75 Å². The first kappa shape index (κ1) is 16.5. The fourth-order valence-electron chi connectivity index (χ4n) is 1.32. The van der Waals surface area contributed by atoms with Crippen LogP contribution < -0.4 is 10.5 Å². The smallest absolute Gasteiger partial charge is 0.425 e. The van der Waals surface area contributed by atoms with Gasteiger partial charge in [-0.1, -0.05) is 12.2 Å². The number of nitrogens with two attached hydrogens (primary N) is 1. The molecule has 0 aliphatic carbocycles. The van der Waals surface area contributed by atoms with Crippen molar-refractivity contribution in [2.24, 2.45) is 5.73 Å². The van der Waals surface area contributed by atoms with Crippen LogP contribution in [0.15, 0.2) is 18.2 Å². The highest BCUT2D eigenvalue weighted by Crippen LogP contribution is 2.34. The summed E-state index contributed by atoms with van der Waals surface area (Å²) in [5, 5.41) is 0. The third kappa shape index (κ3) is 3.99. The minimum absolute atomic E-state index is 0.398. The van der Waals surface area contributed by atoms with E-state index in [1.165, 1.54) is 0 Å². The van der Waals surface area contributed by atoms with Gasteiger partial charge in [0.05, 0.1) is 5.56 Å². The van der Waals surface area contributed by atoms with Crippen LogP contribution in [0.3, 0.4) is 0 Å². The van der Waals surface area contributed by atoms with E-state index in [9.17, 15) is 26.3 Å². The molecule has 0 spiro atoms. The lowest BCUT2D eigenvalue weighted by atomic mass is 10.1. The molecule has 0 radical (unpaired) electrons. The largest absolute Gasteiger partial charge is 0.481 e. The Morgan fingerprint density at radius 2 is 1.75 bits per heavy atom. The molecule has 0 saturated carbocycles. The van der Waals surface area contributed by atoms with Crippen LogP contribution in [-0.4, -0.2) is 17.3 Å². The molecule has 0 saturated heterocycles. The number of halogens is 6. The highest BCUT2D eigenvalue weighted by Gasteiger charge is 2.39. The van der Waals surface area contributed by atoms with Gasteiger partial charge in [0.15, 0.2) is 6.10 Å². The number of hydrogen-bond donors (Lipinski definition) is 1. The van der Waals surface area contributed by atoms with E-state index in [2.05, 4.69) is 17.0 Å². The Labute approximate surface area is 115 Å². The van der Waals surface area contributed by atoms with E-state index in [1.54, 1.807) is 0 Å². The molecule has 1 rings (SSSR count). The van der Waals surface area contributed by atoms with E-state index in [1.807, 2.05) is 0 Å². The van der Waals surface area contributed by atoms with E-state index < -0.39 is 40.3 Å². The van der Waals surface area contributed by atoms with Crippen LogP contribution in [0.1, 0.15) is 18.1 Å². The summed E-state index contributed by atoms with van der Waals surface area (Å²) in [6, 6.07) is 2.10. The molecule has 0 aliphatic heterocycles. The number of rotatable bonds is 3. The van der Waals surface area contributed by atoms with Crippen molar-refractivity contribution in [1.82, 2.24) is 0 Å². The molecule has 2 N–H and O–H groups in total. The third-order valence-electron chi connectivity index (χ3n) is 2.34. The Hall–Kier alpha value is -1.51. The van der Waals surface area contributed by atoms with Gasteiger partial charge in [0, 0.05) is 5.56 Å². The molecule has 0 fully saturated rings. The summed E-state index contributed by atoms with van der Waals surface area (Å²) in [7, 11) is 0. The van der Waals surface area contributed by atoms with Crippen LogP contribution in [0.2, 0.25) is 0 Å². The first-order valence-electron chi connectivity index (χ1n) is 5.17. The Bertz CT molecular complexity index is 511. The lowest BCUT2D eigenvalue weighted by molar-refractivity contribution is -0.189. The summed E-state index contributed by atoms with van der Waals surface area (Å²) in [5.41, 5.74) is 3.44. The highest BCUT2D eigenvalue weighted by atomic mass is 32.1. The van der Waals surface area contributed by atoms with E-state index in [-0.39, 0.29) is 0 Å². The summed E-state index contributed by atoms with van der Waals surface area (Å²) in [5.74, 6) is -0.398. The molecule has 0 aliphatic rings. The summed E-state index contributed by atoms with van der Waals surface area (Å²) < 4.78 is 79.4. The second-order valence-corrected chi connectivity index (χ2v) is 4.31. The first-order chi connectivity index (χ1) is 8.93. The third-order valence-corrected chi connectivity index (χ3v) is 2.56. The molecule has 9 heteroatoms. The lowest BCUT2D eigenvalue weighted by Crippen LogP contribution is -2.31. The van der Waals surface area contributed by atoms with Gasteiger partial charge in [0.1, 0.15) is 10.7 Å². The first-order valence-corrected chi connectivity index (χ1v) is 5.58. The average Bonchev–Trinajstić information content (AvgIpc) is 2.25. The number of alkyl halides is 6. The summed E-state index contributed by atoms with van der Waals surface area (Å²) in [6.07, 6.45) is -11.5. The van der Waals surface area contributed by atoms with Crippen molar-refractivity contribution in [1.29, 1.82) is 0 Å². The Morgan fingerprint density at radius 3 is 2.15 bits per heavy atom. The van der Waals surface area contributed by atoms with Crippen molar-refractivity contribution < 1.29 is 31.1 Å². The van der Waals surface area contributed by atoms with Gasteiger partial charge in [-0.15, -0.1) is 0 Å². The quantitative estimate of drug-likeness (QED) is 0.682. The number of benzene rings is 1. The zero-order valence-electron chi connectivity index (χ0n) is 9.97. The van der Waals surface area contributed by atoms with Gasteiger partial charge in [-0.25, -0.2) is 0 Å². The van der Waals surface area contributed by atoms with Crippen molar-refractivity contribution in [2.45, 2.75) is 25.4 Å². The molecule has 0 amide bonds. The Balaban J connectivity index is 3.15. The van der Waals surface area contributed by atoms with Crippen LogP contribution >= 0.6 is 12.2 Å². The normalized spacial score (nSPS) is 13.9. The minimum Gasteiger partial charge on any atom is -0.481 e. The van der Waals surface area contributed by atoms with Crippen molar-refractivity contribution in [3.05, 3.63) is 29.3 Å². The molecule has 20 heavy (non-hydrogen) atoms. The fraction of sp³-hybridized carbons (Fsp3) is 0.364. The maximum absolute atomic E-state index is 12.7. The van der Waals surface area contributed by atoms with Crippen LogP contribution in [0.25, 0.3) is 0 Å². The molecule has 1 unspecified atom stereocenters. The molecule has 112 valence electrons. The van der Waals surface area contributed by atoms with Crippen LogP contribution in [0.4, 0.5) is 26.3 Å². The zero-order valence-corrected chi connectivity index (χ0v) is 10.8. The standard InChI is InChI=1S/C11H9F6NOS/c1-5(10(12,13)14)19-6-2-3-8(11(15,16)17)7(4-6)9(18)20/h2-5H,1H3,(H2,18,20). The van der Waals surface area contributed by atoms with Gasteiger partial charge in [-0.3, -0.25) is 0 Å². The summed E-state index contributed by atoms with van der Waals surface area (Å²) in [6.45, 7) is 0.734. The van der Waals surface area contributed by atoms with Crippen molar-refractivity contribution in [3.8, 4) is 5.75 Å². The molecule has 1 aromatic rings. The maximum Gasteiger partial charge on any atom is 0.425 e. The summed E-state index contributed by atoms with van der Waals surface area (Å²) in [4.78, 5) is -0.581. The van der Waals surface area contributed by atoms with Gasteiger partial charge in [0.2, 0.25) is 0 Å². The second-order valence-electron chi connectivity index (χ2n) is 3.87. The van der Waals surface area contributed by atoms with Gasteiger partial charge in [-0.2, -0.15) is 26.3 Å². The van der Waals surface area contributed by atoms with Crippen molar-refractivity contribution in [2.75, 3.05) is 0 Å².